The van der Waals surface area contributed by atoms with Crippen LogP contribution in [0.5, 0.6) is 0 Å². The van der Waals surface area contributed by atoms with Crippen molar-refractivity contribution in [2.45, 2.75) is 66.7 Å². The van der Waals surface area contributed by atoms with E-state index in [2.05, 4.69) is 32.7 Å². The van der Waals surface area contributed by atoms with E-state index in [1.807, 2.05) is 39.1 Å². The fraction of sp³-hybridized carbons (Fsp3) is 0.600. The zero-order valence-electron chi connectivity index (χ0n) is 16.5. The van der Waals surface area contributed by atoms with E-state index >= 15 is 0 Å². The smallest absolute Gasteiger partial charge is 0.419 e. The van der Waals surface area contributed by atoms with Gasteiger partial charge in [0, 0.05) is 12.4 Å². The van der Waals surface area contributed by atoms with Gasteiger partial charge in [0.25, 0.3) is 0 Å². The summed E-state index contributed by atoms with van der Waals surface area (Å²) < 4.78 is 7.21. The Hall–Kier alpha value is -1.78. The first-order chi connectivity index (χ1) is 11.4. The maximum Gasteiger partial charge on any atom is 0.419 e. The maximum absolute atomic E-state index is 12.7. The lowest BCUT2D eigenvalue weighted by molar-refractivity contribution is 0.0544. The van der Waals surface area contributed by atoms with Crippen molar-refractivity contribution in [2.24, 2.45) is 10.8 Å². The molecule has 0 bridgehead atoms. The predicted octanol–water partition coefficient (Wildman–Crippen LogP) is 4.59. The molecule has 2 aromatic rings. The summed E-state index contributed by atoms with van der Waals surface area (Å²) >= 11 is 0. The molecule has 4 nitrogen and oxygen atoms in total. The van der Waals surface area contributed by atoms with E-state index in [1.165, 1.54) is 5.46 Å². The highest BCUT2D eigenvalue weighted by atomic mass is 16.6. The van der Waals surface area contributed by atoms with Gasteiger partial charge in [-0.05, 0) is 49.2 Å². The number of fused-ring (bicyclic) bond motifs is 1. The molecule has 0 aliphatic carbocycles. The zero-order chi connectivity index (χ0) is 18.6. The average molecular weight is 340 g/mol. The highest BCUT2D eigenvalue weighted by Gasteiger charge is 2.49. The summed E-state index contributed by atoms with van der Waals surface area (Å²) in [5.41, 5.74) is 2.91. The first-order valence-electron chi connectivity index (χ1n) is 9.11. The van der Waals surface area contributed by atoms with Crippen LogP contribution in [0.3, 0.4) is 0 Å². The minimum absolute atomic E-state index is 0.257. The van der Waals surface area contributed by atoms with Gasteiger partial charge in [0.15, 0.2) is 6.71 Å². The number of nitrogens with zero attached hydrogens (tertiary/aromatic N) is 2. The Morgan fingerprint density at radius 2 is 1.80 bits per heavy atom. The number of hydrogen-bond acceptors (Lipinski definition) is 3. The van der Waals surface area contributed by atoms with E-state index in [0.29, 0.717) is 6.71 Å². The topological polar surface area (TPSA) is 44.1 Å². The fourth-order valence-corrected chi connectivity index (χ4v) is 3.92. The van der Waals surface area contributed by atoms with Crippen molar-refractivity contribution < 1.29 is 9.53 Å². The molecule has 1 aliphatic heterocycles. The molecule has 3 rings (SSSR count). The first kappa shape index (κ1) is 18.0. The van der Waals surface area contributed by atoms with Crippen molar-refractivity contribution >= 4 is 29.3 Å². The lowest BCUT2D eigenvalue weighted by Gasteiger charge is -2.35. The normalized spacial score (nSPS) is 19.4. The lowest BCUT2D eigenvalue weighted by atomic mass is 9.42. The third-order valence-electron chi connectivity index (χ3n) is 5.96. The molecule has 25 heavy (non-hydrogen) atoms. The van der Waals surface area contributed by atoms with Gasteiger partial charge in [0.1, 0.15) is 5.60 Å². The quantitative estimate of drug-likeness (QED) is 0.714. The maximum atomic E-state index is 12.7. The second-order valence-electron chi connectivity index (χ2n) is 9.68. The zero-order valence-corrected chi connectivity index (χ0v) is 16.5. The summed E-state index contributed by atoms with van der Waals surface area (Å²) in [5.74, 6) is 0. The summed E-state index contributed by atoms with van der Waals surface area (Å²) in [6, 6.07) is 3.82. The van der Waals surface area contributed by atoms with E-state index in [0.717, 1.165) is 23.7 Å². The van der Waals surface area contributed by atoms with Gasteiger partial charge in [0.05, 0.1) is 11.0 Å². The molecule has 134 valence electrons. The number of aromatic nitrogens is 2. The molecule has 2 aromatic heterocycles. The lowest BCUT2D eigenvalue weighted by Crippen LogP contribution is -2.29. The monoisotopic (exact) mass is 340 g/mol. The molecule has 1 aliphatic rings. The van der Waals surface area contributed by atoms with Crippen LogP contribution in [0.2, 0.25) is 12.6 Å². The van der Waals surface area contributed by atoms with Crippen molar-refractivity contribution in [1.29, 1.82) is 0 Å². The second-order valence-corrected chi connectivity index (χ2v) is 9.68. The van der Waals surface area contributed by atoms with Gasteiger partial charge in [-0.2, -0.15) is 0 Å². The number of ether oxygens (including phenoxy) is 1. The molecule has 1 saturated heterocycles. The van der Waals surface area contributed by atoms with Crippen molar-refractivity contribution in [2.75, 3.05) is 0 Å². The van der Waals surface area contributed by atoms with Crippen LogP contribution in [0.1, 0.15) is 48.5 Å². The van der Waals surface area contributed by atoms with Gasteiger partial charge >= 0.3 is 6.09 Å². The summed E-state index contributed by atoms with van der Waals surface area (Å²) in [6.45, 7) is 15.4. The Morgan fingerprint density at radius 3 is 2.36 bits per heavy atom. The van der Waals surface area contributed by atoms with E-state index in [9.17, 15) is 4.79 Å². The number of pyridine rings is 1. The molecule has 1 fully saturated rings. The minimum Gasteiger partial charge on any atom is -0.443 e. The molecule has 0 saturated carbocycles. The fourth-order valence-electron chi connectivity index (χ4n) is 3.92. The van der Waals surface area contributed by atoms with Crippen LogP contribution in [0.4, 0.5) is 4.79 Å². The highest BCUT2D eigenvalue weighted by molar-refractivity contribution is 6.76. The van der Waals surface area contributed by atoms with Crippen molar-refractivity contribution in [1.82, 2.24) is 9.55 Å². The number of hydrogen-bond donors (Lipinski definition) is 0. The van der Waals surface area contributed by atoms with Gasteiger partial charge in [-0.15, -0.1) is 0 Å². The molecule has 0 aromatic carbocycles. The van der Waals surface area contributed by atoms with Crippen LogP contribution in [-0.4, -0.2) is 28.0 Å². The standard InChI is InChI=1S/C20H29BN2O2/c1-18(2,3)25-17(24)23-11-14(16-15(23)9-8-10-22-16)21-12-19(4,5)20(6,7)13-21/h8-11H,12-13H2,1-7H3. The molecule has 5 heteroatoms. The third-order valence-corrected chi connectivity index (χ3v) is 5.96. The predicted molar refractivity (Wildman–Crippen MR) is 104 cm³/mol. The van der Waals surface area contributed by atoms with E-state index in [-0.39, 0.29) is 16.9 Å². The molecule has 0 atom stereocenters. The highest BCUT2D eigenvalue weighted by Crippen LogP contribution is 2.52. The van der Waals surface area contributed by atoms with E-state index in [4.69, 9.17) is 4.74 Å². The molecule has 0 spiro atoms. The number of rotatable bonds is 1. The second kappa shape index (κ2) is 5.62. The average Bonchev–Trinajstić information content (AvgIpc) is 2.92. The number of carbonyl (C=O) groups is 1. The molecule has 0 radical (unpaired) electrons. The Bertz CT molecular complexity index is 799. The van der Waals surface area contributed by atoms with E-state index in [1.54, 1.807) is 10.8 Å². The van der Waals surface area contributed by atoms with Crippen LogP contribution in [-0.2, 0) is 4.74 Å². The van der Waals surface area contributed by atoms with Gasteiger partial charge in [-0.1, -0.05) is 40.3 Å². The molecule has 0 amide bonds. The Kier molecular flexibility index (Phi) is 4.05. The summed E-state index contributed by atoms with van der Waals surface area (Å²) in [6.07, 6.45) is 5.62. The molecule has 0 unspecified atom stereocenters. The Labute approximate surface area is 151 Å². The SMILES string of the molecule is CC(C)(C)OC(=O)n1cc(B2CC(C)(C)C(C)(C)C2)c2ncccc21. The third kappa shape index (κ3) is 3.21. The summed E-state index contributed by atoms with van der Waals surface area (Å²) in [4.78, 5) is 17.3. The molecular formula is C20H29BN2O2. The van der Waals surface area contributed by atoms with Crippen molar-refractivity contribution in [3.05, 3.63) is 24.5 Å². The Morgan fingerprint density at radius 1 is 1.20 bits per heavy atom. The van der Waals surface area contributed by atoms with Crippen LogP contribution < -0.4 is 5.46 Å². The van der Waals surface area contributed by atoms with Crippen LogP contribution >= 0.6 is 0 Å². The van der Waals surface area contributed by atoms with Crippen molar-refractivity contribution in [3.8, 4) is 0 Å². The Balaban J connectivity index is 2.05. The first-order valence-corrected chi connectivity index (χ1v) is 9.11. The largest absolute Gasteiger partial charge is 0.443 e. The van der Waals surface area contributed by atoms with Gasteiger partial charge in [-0.3, -0.25) is 9.55 Å². The van der Waals surface area contributed by atoms with Gasteiger partial charge < -0.3 is 4.74 Å². The van der Waals surface area contributed by atoms with Crippen molar-refractivity contribution in [3.63, 3.8) is 0 Å². The molecule has 3 heterocycles. The summed E-state index contributed by atoms with van der Waals surface area (Å²) in [5, 5.41) is 0. The summed E-state index contributed by atoms with van der Waals surface area (Å²) in [7, 11) is 0. The molecule has 0 N–H and O–H groups in total. The minimum atomic E-state index is -0.520. The van der Waals surface area contributed by atoms with E-state index < -0.39 is 5.60 Å². The van der Waals surface area contributed by atoms with Gasteiger partial charge in [-0.25, -0.2) is 4.79 Å². The van der Waals surface area contributed by atoms with Gasteiger partial charge in [0.2, 0.25) is 0 Å². The van der Waals surface area contributed by atoms with Crippen LogP contribution in [0.15, 0.2) is 24.5 Å². The van der Waals surface area contributed by atoms with Crippen LogP contribution in [0.25, 0.3) is 11.0 Å². The molecular weight excluding hydrogens is 311 g/mol. The van der Waals surface area contributed by atoms with Crippen LogP contribution in [0, 0.1) is 10.8 Å². The number of carbonyl (C=O) groups excluding carboxylic acids is 1.